The van der Waals surface area contributed by atoms with E-state index in [2.05, 4.69) is 4.72 Å². The van der Waals surface area contributed by atoms with Crippen LogP contribution in [0.3, 0.4) is 0 Å². The summed E-state index contributed by atoms with van der Waals surface area (Å²) in [4.78, 5) is 0. The molecule has 0 aliphatic rings. The Bertz CT molecular complexity index is 400. The summed E-state index contributed by atoms with van der Waals surface area (Å²) in [5, 5.41) is 9.87. The third kappa shape index (κ3) is 5.43. The van der Waals surface area contributed by atoms with Crippen molar-refractivity contribution in [2.24, 2.45) is 0 Å². The van der Waals surface area contributed by atoms with Crippen LogP contribution in [0.25, 0.3) is 0 Å². The first-order chi connectivity index (χ1) is 8.84. The Morgan fingerprint density at radius 1 is 1.26 bits per heavy atom. The molecule has 0 fully saturated rings. The molecule has 108 valence electrons. The molecular weight excluding hydrogens is 258 g/mol. The van der Waals surface area contributed by atoms with Gasteiger partial charge in [0.15, 0.2) is 0 Å². The number of rotatable bonds is 6. The zero-order valence-electron chi connectivity index (χ0n) is 12.2. The number of nitrogens with one attached hydrogen (secondary N) is 1. The SMILES string of the molecule is CC[C@@H](O)C[C@H](N[S@](=O)C(C)(C)C)c1ccccc1. The van der Waals surface area contributed by atoms with Crippen molar-refractivity contribution in [3.05, 3.63) is 35.9 Å². The van der Waals surface area contributed by atoms with E-state index in [-0.39, 0.29) is 16.9 Å². The third-order valence-corrected chi connectivity index (χ3v) is 4.60. The van der Waals surface area contributed by atoms with Gasteiger partial charge in [-0.15, -0.1) is 0 Å². The molecule has 1 rings (SSSR count). The predicted octanol–water partition coefficient (Wildman–Crippen LogP) is 2.94. The van der Waals surface area contributed by atoms with Gasteiger partial charge >= 0.3 is 0 Å². The lowest BCUT2D eigenvalue weighted by Gasteiger charge is -2.26. The van der Waals surface area contributed by atoms with E-state index in [1.165, 1.54) is 0 Å². The first-order valence-electron chi connectivity index (χ1n) is 6.75. The Morgan fingerprint density at radius 3 is 2.32 bits per heavy atom. The summed E-state index contributed by atoms with van der Waals surface area (Å²) >= 11 is 0. The van der Waals surface area contributed by atoms with E-state index < -0.39 is 11.0 Å². The average Bonchev–Trinajstić information content (AvgIpc) is 2.37. The van der Waals surface area contributed by atoms with Crippen molar-refractivity contribution in [1.29, 1.82) is 0 Å². The van der Waals surface area contributed by atoms with Crippen LogP contribution in [0.2, 0.25) is 0 Å². The molecule has 0 amide bonds. The van der Waals surface area contributed by atoms with Gasteiger partial charge in [-0.2, -0.15) is 0 Å². The Hall–Kier alpha value is -0.710. The van der Waals surface area contributed by atoms with Gasteiger partial charge < -0.3 is 5.11 Å². The smallest absolute Gasteiger partial charge is 0.0975 e. The molecule has 0 radical (unpaired) electrons. The van der Waals surface area contributed by atoms with Gasteiger partial charge in [-0.1, -0.05) is 37.3 Å². The summed E-state index contributed by atoms with van der Waals surface area (Å²) < 4.78 is 15.1. The van der Waals surface area contributed by atoms with Crippen LogP contribution in [0, 0.1) is 0 Å². The summed E-state index contributed by atoms with van der Waals surface area (Å²) in [6.07, 6.45) is 0.893. The van der Waals surface area contributed by atoms with Gasteiger partial charge in [-0.25, -0.2) is 8.93 Å². The van der Waals surface area contributed by atoms with E-state index in [9.17, 15) is 9.32 Å². The van der Waals surface area contributed by atoms with Gasteiger partial charge in [0.25, 0.3) is 0 Å². The number of benzene rings is 1. The van der Waals surface area contributed by atoms with E-state index in [4.69, 9.17) is 0 Å². The Morgan fingerprint density at radius 2 is 1.84 bits per heavy atom. The first-order valence-corrected chi connectivity index (χ1v) is 7.90. The topological polar surface area (TPSA) is 49.3 Å². The third-order valence-electron chi connectivity index (χ3n) is 2.99. The van der Waals surface area contributed by atoms with Crippen LogP contribution in [0.4, 0.5) is 0 Å². The molecule has 0 aromatic heterocycles. The van der Waals surface area contributed by atoms with Gasteiger partial charge in [0.05, 0.1) is 21.8 Å². The lowest BCUT2D eigenvalue weighted by Crippen LogP contribution is -2.37. The van der Waals surface area contributed by atoms with Gasteiger partial charge in [-0.05, 0) is 39.2 Å². The van der Waals surface area contributed by atoms with Crippen molar-refractivity contribution < 1.29 is 9.32 Å². The highest BCUT2D eigenvalue weighted by molar-refractivity contribution is 7.84. The number of aliphatic hydroxyl groups is 1. The minimum absolute atomic E-state index is 0.0868. The van der Waals surface area contributed by atoms with Crippen LogP contribution in [0.5, 0.6) is 0 Å². The van der Waals surface area contributed by atoms with E-state index in [1.807, 2.05) is 58.0 Å². The van der Waals surface area contributed by atoms with E-state index in [1.54, 1.807) is 0 Å². The molecule has 2 N–H and O–H groups in total. The van der Waals surface area contributed by atoms with Gasteiger partial charge in [0, 0.05) is 6.04 Å². The maximum absolute atomic E-state index is 12.2. The van der Waals surface area contributed by atoms with Crippen LogP contribution in [-0.2, 0) is 11.0 Å². The first kappa shape index (κ1) is 16.3. The largest absolute Gasteiger partial charge is 0.393 e. The zero-order valence-corrected chi connectivity index (χ0v) is 13.0. The molecule has 1 aromatic rings. The van der Waals surface area contributed by atoms with Crippen molar-refractivity contribution in [1.82, 2.24) is 4.72 Å². The number of hydrogen-bond acceptors (Lipinski definition) is 2. The van der Waals surface area contributed by atoms with E-state index in [0.29, 0.717) is 12.8 Å². The molecule has 0 saturated heterocycles. The summed E-state index contributed by atoms with van der Waals surface area (Å²) in [6.45, 7) is 7.77. The quantitative estimate of drug-likeness (QED) is 0.843. The molecular formula is C15H25NO2S. The molecule has 4 heteroatoms. The fourth-order valence-corrected chi connectivity index (χ4v) is 2.53. The fraction of sp³-hybridized carbons (Fsp3) is 0.600. The molecule has 1 aromatic carbocycles. The highest BCUT2D eigenvalue weighted by Gasteiger charge is 2.24. The standard InChI is InChI=1S/C15H25NO2S/c1-5-13(17)11-14(12-9-7-6-8-10-12)16-19(18)15(2,3)4/h6-10,13-14,16-17H,5,11H2,1-4H3/t13-,14+,19-/m1/s1. The molecule has 0 saturated carbocycles. The maximum atomic E-state index is 12.2. The Kier molecular flexibility index (Phi) is 6.17. The average molecular weight is 283 g/mol. The van der Waals surface area contributed by atoms with Gasteiger partial charge in [0.2, 0.25) is 0 Å². The van der Waals surface area contributed by atoms with Crippen LogP contribution in [0.15, 0.2) is 30.3 Å². The molecule has 19 heavy (non-hydrogen) atoms. The highest BCUT2D eigenvalue weighted by Crippen LogP contribution is 2.22. The van der Waals surface area contributed by atoms with Crippen LogP contribution >= 0.6 is 0 Å². The monoisotopic (exact) mass is 283 g/mol. The lowest BCUT2D eigenvalue weighted by atomic mass is 10.0. The lowest BCUT2D eigenvalue weighted by molar-refractivity contribution is 0.149. The molecule has 0 heterocycles. The number of aliphatic hydroxyl groups excluding tert-OH is 1. The molecule has 0 bridgehead atoms. The summed E-state index contributed by atoms with van der Waals surface area (Å²) in [6, 6.07) is 9.79. The summed E-state index contributed by atoms with van der Waals surface area (Å²) in [7, 11) is -1.15. The normalized spacial score (nSPS) is 16.9. The van der Waals surface area contributed by atoms with E-state index >= 15 is 0 Å². The van der Waals surface area contributed by atoms with Crippen molar-refractivity contribution in [3.63, 3.8) is 0 Å². The van der Waals surface area contributed by atoms with Crippen molar-refractivity contribution >= 4 is 11.0 Å². The minimum Gasteiger partial charge on any atom is -0.393 e. The predicted molar refractivity (Wildman–Crippen MR) is 81.1 cm³/mol. The van der Waals surface area contributed by atoms with Crippen LogP contribution in [-0.4, -0.2) is 20.2 Å². The molecule has 0 aliphatic heterocycles. The zero-order chi connectivity index (χ0) is 14.5. The maximum Gasteiger partial charge on any atom is 0.0975 e. The van der Waals surface area contributed by atoms with Crippen molar-refractivity contribution in [2.45, 2.75) is 57.4 Å². The second-order valence-corrected chi connectivity index (χ2v) is 7.76. The van der Waals surface area contributed by atoms with Crippen molar-refractivity contribution in [2.75, 3.05) is 0 Å². The molecule has 0 unspecified atom stereocenters. The van der Waals surface area contributed by atoms with Crippen LogP contribution < -0.4 is 4.72 Å². The Balaban J connectivity index is 2.85. The second-order valence-electron chi connectivity index (χ2n) is 5.76. The van der Waals surface area contributed by atoms with Crippen molar-refractivity contribution in [3.8, 4) is 0 Å². The molecule has 0 aliphatic carbocycles. The van der Waals surface area contributed by atoms with Gasteiger partial charge in [-0.3, -0.25) is 0 Å². The number of hydrogen-bond donors (Lipinski definition) is 2. The second kappa shape index (κ2) is 7.17. The fourth-order valence-electron chi connectivity index (χ4n) is 1.68. The molecule has 3 atom stereocenters. The van der Waals surface area contributed by atoms with Crippen LogP contribution in [0.1, 0.15) is 52.1 Å². The summed E-state index contributed by atoms with van der Waals surface area (Å²) in [5.74, 6) is 0. The minimum atomic E-state index is -1.15. The highest BCUT2D eigenvalue weighted by atomic mass is 32.2. The summed E-state index contributed by atoms with van der Waals surface area (Å²) in [5.41, 5.74) is 1.06. The van der Waals surface area contributed by atoms with Gasteiger partial charge in [0.1, 0.15) is 0 Å². The molecule has 0 spiro atoms. The van der Waals surface area contributed by atoms with E-state index in [0.717, 1.165) is 5.56 Å². The Labute approximate surface area is 119 Å². The molecule has 3 nitrogen and oxygen atoms in total.